The molecule has 1 rings (SSSR count). The van der Waals surface area contributed by atoms with Gasteiger partial charge in [0, 0.05) is 31.8 Å². The molecule has 1 amide bonds. The maximum atomic E-state index is 13.4. The molecule has 1 aromatic carbocycles. The second kappa shape index (κ2) is 7.70. The maximum Gasteiger partial charge on any atom is 0.223 e. The minimum absolute atomic E-state index is 0.0225. The second-order valence-corrected chi connectivity index (χ2v) is 5.64. The lowest BCUT2D eigenvalue weighted by Crippen LogP contribution is -2.28. The fourth-order valence-electron chi connectivity index (χ4n) is 1.48. The van der Waals surface area contributed by atoms with Gasteiger partial charge in [-0.25, -0.2) is 8.78 Å². The summed E-state index contributed by atoms with van der Waals surface area (Å²) in [4.78, 5) is 12.9. The van der Waals surface area contributed by atoms with E-state index in [1.807, 2.05) is 6.07 Å². The number of halogens is 2. The topological polar surface area (TPSA) is 61.2 Å². The fraction of sp³-hybridized carbons (Fsp3) is 0.385. The molecule has 108 valence electrons. The molecule has 0 bridgehead atoms. The largest absolute Gasteiger partial charge is 0.345 e. The van der Waals surface area contributed by atoms with E-state index in [0.717, 1.165) is 12.1 Å². The summed E-state index contributed by atoms with van der Waals surface area (Å²) in [5, 5.41) is 8.41. The number of carbonyl (C=O) groups is 1. The van der Waals surface area contributed by atoms with E-state index in [1.165, 1.54) is 4.90 Å². The summed E-state index contributed by atoms with van der Waals surface area (Å²) < 4.78 is 38.0. The van der Waals surface area contributed by atoms with E-state index in [0.29, 0.717) is 12.6 Å². The first kappa shape index (κ1) is 16.2. The highest BCUT2D eigenvalue weighted by atomic mass is 32.2. The van der Waals surface area contributed by atoms with Crippen LogP contribution in [0, 0.1) is 23.0 Å². The van der Waals surface area contributed by atoms with Crippen LogP contribution in [0.4, 0.5) is 8.78 Å². The van der Waals surface area contributed by atoms with Gasteiger partial charge in [0.15, 0.2) is 0 Å². The van der Waals surface area contributed by atoms with Crippen molar-refractivity contribution in [1.82, 2.24) is 4.90 Å². The van der Waals surface area contributed by atoms with Gasteiger partial charge in [-0.3, -0.25) is 9.00 Å². The zero-order valence-corrected chi connectivity index (χ0v) is 11.8. The molecule has 7 heteroatoms. The van der Waals surface area contributed by atoms with Crippen LogP contribution in [0.25, 0.3) is 0 Å². The van der Waals surface area contributed by atoms with Gasteiger partial charge in [0.25, 0.3) is 0 Å². The molecule has 0 aliphatic rings. The fourth-order valence-corrected chi connectivity index (χ4v) is 2.56. The first-order chi connectivity index (χ1) is 9.45. The van der Waals surface area contributed by atoms with Crippen molar-refractivity contribution in [2.24, 2.45) is 0 Å². The number of carbonyl (C=O) groups excluding carboxylic acids is 1. The second-order valence-electron chi connectivity index (χ2n) is 4.10. The predicted molar refractivity (Wildman–Crippen MR) is 70.1 cm³/mol. The van der Waals surface area contributed by atoms with E-state index in [1.54, 1.807) is 7.05 Å². The van der Waals surface area contributed by atoms with Crippen molar-refractivity contribution in [3.63, 3.8) is 0 Å². The molecule has 0 saturated carbocycles. The van der Waals surface area contributed by atoms with Crippen molar-refractivity contribution in [2.45, 2.75) is 17.7 Å². The number of nitriles is 1. The van der Waals surface area contributed by atoms with Gasteiger partial charge in [-0.2, -0.15) is 5.26 Å². The highest BCUT2D eigenvalue weighted by Crippen LogP contribution is 2.14. The number of nitrogens with zero attached hydrogens (tertiary/aromatic N) is 2. The number of rotatable bonds is 6. The van der Waals surface area contributed by atoms with Crippen molar-refractivity contribution in [3.05, 3.63) is 29.8 Å². The van der Waals surface area contributed by atoms with E-state index in [-0.39, 0.29) is 29.4 Å². The maximum absolute atomic E-state index is 13.4. The Hall–Kier alpha value is -1.81. The SMILES string of the molecule is CN(CCC#N)C(=O)CCS(=O)c1ccc(F)cc1F. The highest BCUT2D eigenvalue weighted by Gasteiger charge is 2.14. The Labute approximate surface area is 118 Å². The quantitative estimate of drug-likeness (QED) is 0.805. The van der Waals surface area contributed by atoms with Gasteiger partial charge in [-0.15, -0.1) is 0 Å². The van der Waals surface area contributed by atoms with Crippen LogP contribution in [-0.2, 0) is 15.6 Å². The molecule has 0 N–H and O–H groups in total. The van der Waals surface area contributed by atoms with Gasteiger partial charge in [0.05, 0.1) is 28.2 Å². The Balaban J connectivity index is 2.55. The van der Waals surface area contributed by atoms with Gasteiger partial charge in [-0.05, 0) is 12.1 Å². The minimum Gasteiger partial charge on any atom is -0.345 e. The van der Waals surface area contributed by atoms with Gasteiger partial charge in [0.2, 0.25) is 5.91 Å². The lowest BCUT2D eigenvalue weighted by Gasteiger charge is -2.15. The Morgan fingerprint density at radius 3 is 2.75 bits per heavy atom. The molecule has 4 nitrogen and oxygen atoms in total. The molecule has 1 aromatic rings. The standard InChI is InChI=1S/C13H14F2N2O2S/c1-17(7-2-6-16)13(18)5-8-20(19)12-4-3-10(14)9-11(12)15/h3-4,9H,2,5,7-8H2,1H3. The normalized spacial score (nSPS) is 11.7. The molecule has 0 aromatic heterocycles. The van der Waals surface area contributed by atoms with E-state index in [2.05, 4.69) is 0 Å². The van der Waals surface area contributed by atoms with Crippen LogP contribution >= 0.6 is 0 Å². The van der Waals surface area contributed by atoms with Crippen LogP contribution in [0.3, 0.4) is 0 Å². The number of hydrogen-bond donors (Lipinski definition) is 0. The molecular weight excluding hydrogens is 286 g/mol. The van der Waals surface area contributed by atoms with Crippen molar-refractivity contribution >= 4 is 16.7 Å². The van der Waals surface area contributed by atoms with Crippen LogP contribution in [0.15, 0.2) is 23.1 Å². The van der Waals surface area contributed by atoms with E-state index < -0.39 is 22.4 Å². The molecule has 0 radical (unpaired) electrons. The van der Waals surface area contributed by atoms with Crippen LogP contribution in [0.2, 0.25) is 0 Å². The van der Waals surface area contributed by atoms with E-state index in [9.17, 15) is 17.8 Å². The average Bonchev–Trinajstić information content (AvgIpc) is 2.41. The Kier molecular flexibility index (Phi) is 6.25. The number of benzene rings is 1. The van der Waals surface area contributed by atoms with E-state index in [4.69, 9.17) is 5.26 Å². The predicted octanol–water partition coefficient (Wildman–Crippen LogP) is 1.83. The minimum atomic E-state index is -1.70. The molecule has 1 atom stereocenters. The monoisotopic (exact) mass is 300 g/mol. The van der Waals surface area contributed by atoms with Gasteiger partial charge < -0.3 is 4.90 Å². The zero-order valence-electron chi connectivity index (χ0n) is 10.9. The van der Waals surface area contributed by atoms with Gasteiger partial charge in [0.1, 0.15) is 11.6 Å². The Morgan fingerprint density at radius 2 is 2.15 bits per heavy atom. The molecule has 20 heavy (non-hydrogen) atoms. The Morgan fingerprint density at radius 1 is 1.45 bits per heavy atom. The first-order valence-corrected chi connectivity index (χ1v) is 7.22. The molecule has 0 heterocycles. The molecular formula is C13H14F2N2O2S. The summed E-state index contributed by atoms with van der Waals surface area (Å²) in [7, 11) is -0.158. The van der Waals surface area contributed by atoms with Crippen molar-refractivity contribution in [3.8, 4) is 6.07 Å². The summed E-state index contributed by atoms with van der Waals surface area (Å²) in [5.74, 6) is -1.93. The van der Waals surface area contributed by atoms with Crippen molar-refractivity contribution < 1.29 is 17.8 Å². The number of hydrogen-bond acceptors (Lipinski definition) is 3. The summed E-state index contributed by atoms with van der Waals surface area (Å²) in [6, 6.07) is 4.72. The lowest BCUT2D eigenvalue weighted by atomic mass is 10.3. The first-order valence-electron chi connectivity index (χ1n) is 5.90. The van der Waals surface area contributed by atoms with Crippen LogP contribution in [-0.4, -0.2) is 34.4 Å². The third-order valence-electron chi connectivity index (χ3n) is 2.63. The summed E-state index contributed by atoms with van der Waals surface area (Å²) in [6.07, 6.45) is 0.198. The molecule has 0 aliphatic heterocycles. The average molecular weight is 300 g/mol. The third kappa shape index (κ3) is 4.70. The summed E-state index contributed by atoms with van der Waals surface area (Å²) >= 11 is 0. The molecule has 0 saturated heterocycles. The molecule has 0 fully saturated rings. The van der Waals surface area contributed by atoms with Crippen LogP contribution in [0.5, 0.6) is 0 Å². The smallest absolute Gasteiger partial charge is 0.223 e. The van der Waals surface area contributed by atoms with Crippen molar-refractivity contribution in [1.29, 1.82) is 5.26 Å². The summed E-state index contributed by atoms with van der Waals surface area (Å²) in [5.41, 5.74) is 0. The Bertz CT molecular complexity index is 558. The van der Waals surface area contributed by atoms with Crippen molar-refractivity contribution in [2.75, 3.05) is 19.3 Å². The molecule has 1 unspecified atom stereocenters. The molecule has 0 aliphatic carbocycles. The molecule has 0 spiro atoms. The summed E-state index contributed by atoms with van der Waals surface area (Å²) in [6.45, 7) is 0.298. The van der Waals surface area contributed by atoms with Gasteiger partial charge >= 0.3 is 0 Å². The van der Waals surface area contributed by atoms with Crippen LogP contribution in [0.1, 0.15) is 12.8 Å². The lowest BCUT2D eigenvalue weighted by molar-refractivity contribution is -0.129. The third-order valence-corrected chi connectivity index (χ3v) is 4.02. The number of amides is 1. The zero-order chi connectivity index (χ0) is 15.1. The highest BCUT2D eigenvalue weighted by molar-refractivity contribution is 7.85. The van der Waals surface area contributed by atoms with Gasteiger partial charge in [-0.1, -0.05) is 0 Å². The van der Waals surface area contributed by atoms with E-state index >= 15 is 0 Å². The van der Waals surface area contributed by atoms with Crippen LogP contribution < -0.4 is 0 Å².